The number of benzene rings is 1. The highest BCUT2D eigenvalue weighted by molar-refractivity contribution is 7.99. The van der Waals surface area contributed by atoms with Crippen molar-refractivity contribution in [1.29, 1.82) is 0 Å². The fourth-order valence-corrected chi connectivity index (χ4v) is 3.32. The summed E-state index contributed by atoms with van der Waals surface area (Å²) >= 11 is 1.92. The topological polar surface area (TPSA) is 32.3 Å². The molecule has 0 aromatic heterocycles. The van der Waals surface area contributed by atoms with E-state index in [1.54, 1.807) is 0 Å². The SMILES string of the molecule is Cc1ccc(SCCCC(C)(CO)NC2CC2)cc1C. The summed E-state index contributed by atoms with van der Waals surface area (Å²) in [6.07, 6.45) is 4.71. The van der Waals surface area contributed by atoms with Crippen LogP contribution >= 0.6 is 11.8 Å². The summed E-state index contributed by atoms with van der Waals surface area (Å²) < 4.78 is 0. The van der Waals surface area contributed by atoms with E-state index in [0.29, 0.717) is 6.04 Å². The van der Waals surface area contributed by atoms with Crippen LogP contribution in [0.5, 0.6) is 0 Å². The lowest BCUT2D eigenvalue weighted by Gasteiger charge is -2.29. The second kappa shape index (κ2) is 6.97. The zero-order valence-electron chi connectivity index (χ0n) is 12.9. The standard InChI is InChI=1S/C17H27NOS/c1-13-5-8-16(11-14(13)2)20-10-4-9-17(3,12-19)18-15-6-7-15/h5,8,11,15,18-19H,4,6-7,9-10,12H2,1-3H3. The van der Waals surface area contributed by atoms with E-state index in [1.165, 1.54) is 28.9 Å². The van der Waals surface area contributed by atoms with Gasteiger partial charge in [0.2, 0.25) is 0 Å². The van der Waals surface area contributed by atoms with Crippen LogP contribution in [0.1, 0.15) is 43.7 Å². The Bertz CT molecular complexity index is 445. The average molecular weight is 293 g/mol. The van der Waals surface area contributed by atoms with Crippen LogP contribution in [0.3, 0.4) is 0 Å². The summed E-state index contributed by atoms with van der Waals surface area (Å²) in [7, 11) is 0. The number of aliphatic hydroxyl groups excluding tert-OH is 1. The first-order valence-corrected chi connectivity index (χ1v) is 8.59. The molecule has 112 valence electrons. The third kappa shape index (κ3) is 4.80. The lowest BCUT2D eigenvalue weighted by molar-refractivity contribution is 0.163. The van der Waals surface area contributed by atoms with Gasteiger partial charge >= 0.3 is 0 Å². The molecule has 2 rings (SSSR count). The third-order valence-electron chi connectivity index (χ3n) is 4.10. The fraction of sp³-hybridized carbons (Fsp3) is 0.647. The Labute approximate surface area is 127 Å². The summed E-state index contributed by atoms with van der Waals surface area (Å²) in [5.41, 5.74) is 2.63. The number of hydrogen-bond acceptors (Lipinski definition) is 3. The van der Waals surface area contributed by atoms with Crippen molar-refractivity contribution in [3.8, 4) is 0 Å². The second-order valence-corrected chi connectivity index (χ2v) is 7.50. The minimum absolute atomic E-state index is 0.0923. The van der Waals surface area contributed by atoms with Crippen molar-refractivity contribution < 1.29 is 5.11 Å². The predicted octanol–water partition coefficient (Wildman–Crippen LogP) is 3.68. The molecule has 0 saturated heterocycles. The van der Waals surface area contributed by atoms with Gasteiger partial charge in [-0.1, -0.05) is 6.07 Å². The zero-order valence-corrected chi connectivity index (χ0v) is 13.7. The molecular weight excluding hydrogens is 266 g/mol. The smallest absolute Gasteiger partial charge is 0.0610 e. The Morgan fingerprint density at radius 1 is 1.30 bits per heavy atom. The Hall–Kier alpha value is -0.510. The van der Waals surface area contributed by atoms with Crippen LogP contribution < -0.4 is 5.32 Å². The molecule has 0 aliphatic heterocycles. The van der Waals surface area contributed by atoms with Gasteiger partial charge in [-0.2, -0.15) is 0 Å². The van der Waals surface area contributed by atoms with Crippen molar-refractivity contribution in [3.05, 3.63) is 29.3 Å². The Kier molecular flexibility index (Phi) is 5.53. The van der Waals surface area contributed by atoms with Crippen molar-refractivity contribution in [2.24, 2.45) is 0 Å². The van der Waals surface area contributed by atoms with Gasteiger partial charge in [-0.3, -0.25) is 0 Å². The Balaban J connectivity index is 1.73. The third-order valence-corrected chi connectivity index (χ3v) is 5.18. The molecule has 20 heavy (non-hydrogen) atoms. The van der Waals surface area contributed by atoms with E-state index >= 15 is 0 Å². The van der Waals surface area contributed by atoms with Gasteiger partial charge in [0, 0.05) is 16.5 Å². The van der Waals surface area contributed by atoms with Gasteiger partial charge in [-0.25, -0.2) is 0 Å². The normalized spacial score (nSPS) is 18.0. The molecule has 1 aromatic rings. The van der Waals surface area contributed by atoms with Crippen molar-refractivity contribution in [2.75, 3.05) is 12.4 Å². The summed E-state index contributed by atoms with van der Waals surface area (Å²) in [5, 5.41) is 13.1. The molecule has 1 unspecified atom stereocenters. The van der Waals surface area contributed by atoms with Crippen LogP contribution in [0.4, 0.5) is 0 Å². The first-order valence-electron chi connectivity index (χ1n) is 7.61. The van der Waals surface area contributed by atoms with Gasteiger partial charge in [-0.05, 0) is 75.5 Å². The van der Waals surface area contributed by atoms with E-state index in [1.807, 2.05) is 11.8 Å². The summed E-state index contributed by atoms with van der Waals surface area (Å²) in [5.74, 6) is 1.12. The number of thioether (sulfide) groups is 1. The van der Waals surface area contributed by atoms with E-state index < -0.39 is 0 Å². The Morgan fingerprint density at radius 2 is 2.05 bits per heavy atom. The van der Waals surface area contributed by atoms with Gasteiger partial charge in [0.25, 0.3) is 0 Å². The molecule has 1 atom stereocenters. The van der Waals surface area contributed by atoms with Crippen molar-refractivity contribution in [2.45, 2.75) is 62.9 Å². The molecule has 0 heterocycles. The molecule has 0 amide bonds. The minimum atomic E-state index is -0.0923. The maximum absolute atomic E-state index is 9.58. The van der Waals surface area contributed by atoms with Crippen LogP contribution in [-0.2, 0) is 0 Å². The molecule has 2 N–H and O–H groups in total. The van der Waals surface area contributed by atoms with Crippen LogP contribution in [0, 0.1) is 13.8 Å². The number of aryl methyl sites for hydroxylation is 2. The highest BCUT2D eigenvalue weighted by atomic mass is 32.2. The van der Waals surface area contributed by atoms with Gasteiger partial charge in [0.05, 0.1) is 6.61 Å². The molecule has 2 nitrogen and oxygen atoms in total. The molecule has 0 spiro atoms. The molecule has 1 aromatic carbocycles. The predicted molar refractivity (Wildman–Crippen MR) is 87.5 cm³/mol. The Morgan fingerprint density at radius 3 is 2.65 bits per heavy atom. The zero-order chi connectivity index (χ0) is 14.6. The van der Waals surface area contributed by atoms with E-state index in [2.05, 4.69) is 44.3 Å². The molecule has 1 fully saturated rings. The maximum Gasteiger partial charge on any atom is 0.0610 e. The summed E-state index contributed by atoms with van der Waals surface area (Å²) in [4.78, 5) is 1.36. The van der Waals surface area contributed by atoms with Gasteiger partial charge in [0.1, 0.15) is 0 Å². The van der Waals surface area contributed by atoms with Gasteiger partial charge in [-0.15, -0.1) is 11.8 Å². The van der Waals surface area contributed by atoms with Crippen LogP contribution in [0.2, 0.25) is 0 Å². The molecule has 0 radical (unpaired) electrons. The number of aliphatic hydroxyl groups is 1. The monoisotopic (exact) mass is 293 g/mol. The van der Waals surface area contributed by atoms with Crippen LogP contribution in [0.25, 0.3) is 0 Å². The van der Waals surface area contributed by atoms with E-state index in [4.69, 9.17) is 0 Å². The van der Waals surface area contributed by atoms with E-state index in [0.717, 1.165) is 18.6 Å². The second-order valence-electron chi connectivity index (χ2n) is 6.34. The molecule has 1 aliphatic carbocycles. The molecule has 3 heteroatoms. The molecule has 1 saturated carbocycles. The quantitative estimate of drug-likeness (QED) is 0.566. The van der Waals surface area contributed by atoms with Gasteiger partial charge in [0.15, 0.2) is 0 Å². The number of nitrogens with one attached hydrogen (secondary N) is 1. The highest BCUT2D eigenvalue weighted by Gasteiger charge is 2.31. The first kappa shape index (κ1) is 15.9. The average Bonchev–Trinajstić information content (AvgIpc) is 3.22. The highest BCUT2D eigenvalue weighted by Crippen LogP contribution is 2.26. The fourth-order valence-electron chi connectivity index (χ4n) is 2.37. The van der Waals surface area contributed by atoms with E-state index in [-0.39, 0.29) is 12.1 Å². The summed E-state index contributed by atoms with van der Waals surface area (Å²) in [6.45, 7) is 6.70. The largest absolute Gasteiger partial charge is 0.394 e. The first-order chi connectivity index (χ1) is 9.52. The van der Waals surface area contributed by atoms with Crippen LogP contribution in [-0.4, -0.2) is 29.0 Å². The van der Waals surface area contributed by atoms with Crippen molar-refractivity contribution >= 4 is 11.8 Å². The van der Waals surface area contributed by atoms with Gasteiger partial charge < -0.3 is 10.4 Å². The van der Waals surface area contributed by atoms with E-state index in [9.17, 15) is 5.11 Å². The lowest BCUT2D eigenvalue weighted by atomic mass is 9.97. The molecule has 1 aliphatic rings. The summed E-state index contributed by atoms with van der Waals surface area (Å²) in [6, 6.07) is 7.33. The van der Waals surface area contributed by atoms with Crippen molar-refractivity contribution in [1.82, 2.24) is 5.32 Å². The van der Waals surface area contributed by atoms with Crippen LogP contribution in [0.15, 0.2) is 23.1 Å². The molecule has 0 bridgehead atoms. The minimum Gasteiger partial charge on any atom is -0.394 e. The number of rotatable bonds is 8. The maximum atomic E-state index is 9.58. The number of hydrogen-bond donors (Lipinski definition) is 2. The molecular formula is C17H27NOS. The lowest BCUT2D eigenvalue weighted by Crippen LogP contribution is -2.46. The van der Waals surface area contributed by atoms with Crippen molar-refractivity contribution in [3.63, 3.8) is 0 Å².